The smallest absolute Gasteiger partial charge is 0.339 e. The molecule has 0 amide bonds. The number of nitrogens with zero attached hydrogens (tertiary/aromatic N) is 2. The van der Waals surface area contributed by atoms with Crippen LogP contribution in [0.3, 0.4) is 0 Å². The third kappa shape index (κ3) is 2.90. The fourth-order valence-electron chi connectivity index (χ4n) is 2.46. The summed E-state index contributed by atoms with van der Waals surface area (Å²) < 4.78 is 5.13. The van der Waals surface area contributed by atoms with Crippen LogP contribution in [0.25, 0.3) is 10.2 Å². The van der Waals surface area contributed by atoms with E-state index in [1.165, 1.54) is 17.7 Å². The minimum absolute atomic E-state index is 0.337. The van der Waals surface area contributed by atoms with Gasteiger partial charge in [-0.1, -0.05) is 18.2 Å². The molecule has 1 N–H and O–H groups in total. The SMILES string of the molecule is CCOC(=O)c1csc2ncnc(Nc3c(C)cccc3C)c12. The summed E-state index contributed by atoms with van der Waals surface area (Å²) in [4.78, 5) is 21.5. The first-order valence-electron chi connectivity index (χ1n) is 7.34. The summed E-state index contributed by atoms with van der Waals surface area (Å²) in [5.41, 5.74) is 3.73. The van der Waals surface area contributed by atoms with Gasteiger partial charge in [0, 0.05) is 11.1 Å². The molecule has 5 nitrogen and oxygen atoms in total. The number of hydrogen-bond acceptors (Lipinski definition) is 6. The van der Waals surface area contributed by atoms with E-state index in [0.29, 0.717) is 23.4 Å². The number of ether oxygens (including phenoxy) is 1. The Morgan fingerprint density at radius 3 is 2.70 bits per heavy atom. The maximum absolute atomic E-state index is 12.2. The van der Waals surface area contributed by atoms with Crippen molar-refractivity contribution >= 4 is 39.0 Å². The van der Waals surface area contributed by atoms with Crippen molar-refractivity contribution in [2.24, 2.45) is 0 Å². The second-order valence-corrected chi connectivity index (χ2v) is 6.02. The topological polar surface area (TPSA) is 64.1 Å². The van der Waals surface area contributed by atoms with Crippen LogP contribution >= 0.6 is 11.3 Å². The van der Waals surface area contributed by atoms with E-state index in [9.17, 15) is 4.79 Å². The van der Waals surface area contributed by atoms with Gasteiger partial charge in [0.05, 0.1) is 17.6 Å². The van der Waals surface area contributed by atoms with Gasteiger partial charge >= 0.3 is 5.97 Å². The first kappa shape index (κ1) is 15.4. The van der Waals surface area contributed by atoms with Gasteiger partial charge in [0.25, 0.3) is 0 Å². The van der Waals surface area contributed by atoms with Gasteiger partial charge in [-0.15, -0.1) is 11.3 Å². The van der Waals surface area contributed by atoms with Crippen LogP contribution in [0.5, 0.6) is 0 Å². The summed E-state index contributed by atoms with van der Waals surface area (Å²) in [5, 5.41) is 5.83. The van der Waals surface area contributed by atoms with Gasteiger partial charge < -0.3 is 10.1 Å². The highest BCUT2D eigenvalue weighted by Gasteiger charge is 2.18. The standard InChI is InChI=1S/C17H17N3O2S/c1-4-22-17(21)12-8-23-16-13(12)15(18-9-19-16)20-14-10(2)6-5-7-11(14)3/h5-9H,4H2,1-3H3,(H,18,19,20). The summed E-state index contributed by atoms with van der Waals surface area (Å²) in [6, 6.07) is 6.08. The van der Waals surface area contributed by atoms with Crippen LogP contribution in [-0.4, -0.2) is 22.5 Å². The second kappa shape index (κ2) is 6.34. The van der Waals surface area contributed by atoms with Crippen LogP contribution in [-0.2, 0) is 4.74 Å². The second-order valence-electron chi connectivity index (χ2n) is 5.16. The van der Waals surface area contributed by atoms with Gasteiger partial charge in [0.15, 0.2) is 0 Å². The van der Waals surface area contributed by atoms with E-state index in [2.05, 4.69) is 15.3 Å². The fraction of sp³-hybridized carbons (Fsp3) is 0.235. The van der Waals surface area contributed by atoms with E-state index in [1.807, 2.05) is 32.0 Å². The normalized spacial score (nSPS) is 10.7. The average molecular weight is 327 g/mol. The summed E-state index contributed by atoms with van der Waals surface area (Å²) in [7, 11) is 0. The Hall–Kier alpha value is -2.47. The molecular formula is C17H17N3O2S. The molecule has 0 aliphatic rings. The average Bonchev–Trinajstić information content (AvgIpc) is 2.96. The molecule has 0 fully saturated rings. The number of para-hydroxylation sites is 1. The van der Waals surface area contributed by atoms with Crippen LogP contribution in [0.1, 0.15) is 28.4 Å². The molecule has 6 heteroatoms. The van der Waals surface area contributed by atoms with Crippen molar-refractivity contribution < 1.29 is 9.53 Å². The molecule has 2 aromatic heterocycles. The monoisotopic (exact) mass is 327 g/mol. The van der Waals surface area contributed by atoms with Crippen molar-refractivity contribution in [3.63, 3.8) is 0 Å². The minimum atomic E-state index is -0.349. The summed E-state index contributed by atoms with van der Waals surface area (Å²) in [6.07, 6.45) is 1.50. The minimum Gasteiger partial charge on any atom is -0.462 e. The number of anilines is 2. The number of thiophene rings is 1. The number of aryl methyl sites for hydroxylation is 2. The van der Waals surface area contributed by atoms with Gasteiger partial charge in [-0.05, 0) is 31.9 Å². The van der Waals surface area contributed by atoms with Crippen molar-refractivity contribution in [3.8, 4) is 0 Å². The molecule has 0 saturated heterocycles. The first-order valence-corrected chi connectivity index (χ1v) is 8.22. The molecule has 1 aromatic carbocycles. The van der Waals surface area contributed by atoms with E-state index >= 15 is 0 Å². The maximum atomic E-state index is 12.2. The largest absolute Gasteiger partial charge is 0.462 e. The Bertz CT molecular complexity index is 853. The lowest BCUT2D eigenvalue weighted by Gasteiger charge is -2.13. The van der Waals surface area contributed by atoms with Crippen LogP contribution in [0.4, 0.5) is 11.5 Å². The Labute approximate surface area is 138 Å². The van der Waals surface area contributed by atoms with Crippen LogP contribution in [0.15, 0.2) is 29.9 Å². The molecule has 0 aliphatic carbocycles. The molecule has 0 atom stereocenters. The Kier molecular flexibility index (Phi) is 4.25. The van der Waals surface area contributed by atoms with E-state index in [-0.39, 0.29) is 5.97 Å². The molecule has 0 saturated carbocycles. The number of carbonyl (C=O) groups excluding carboxylic acids is 1. The predicted octanol–water partition coefficient (Wildman–Crippen LogP) is 4.23. The zero-order valence-corrected chi connectivity index (χ0v) is 14.0. The molecule has 0 spiro atoms. The van der Waals surface area contributed by atoms with Crippen LogP contribution in [0.2, 0.25) is 0 Å². The number of aromatic nitrogens is 2. The molecule has 2 heterocycles. The quantitative estimate of drug-likeness (QED) is 0.727. The highest BCUT2D eigenvalue weighted by Crippen LogP contribution is 2.33. The molecule has 0 aliphatic heterocycles. The maximum Gasteiger partial charge on any atom is 0.339 e. The van der Waals surface area contributed by atoms with Gasteiger partial charge in [-0.25, -0.2) is 14.8 Å². The molecule has 0 bridgehead atoms. The molecule has 3 aromatic rings. The van der Waals surface area contributed by atoms with Gasteiger partial charge in [0.1, 0.15) is 17.0 Å². The number of nitrogens with one attached hydrogen (secondary N) is 1. The van der Waals surface area contributed by atoms with Crippen molar-refractivity contribution in [1.82, 2.24) is 9.97 Å². The lowest BCUT2D eigenvalue weighted by molar-refractivity contribution is 0.0529. The zero-order valence-electron chi connectivity index (χ0n) is 13.2. The number of fused-ring (bicyclic) bond motifs is 1. The zero-order chi connectivity index (χ0) is 16.4. The van der Waals surface area contributed by atoms with Crippen LogP contribution in [0, 0.1) is 13.8 Å². The van der Waals surface area contributed by atoms with Crippen molar-refractivity contribution in [2.45, 2.75) is 20.8 Å². The molecular weight excluding hydrogens is 310 g/mol. The summed E-state index contributed by atoms with van der Waals surface area (Å²) >= 11 is 1.41. The third-order valence-corrected chi connectivity index (χ3v) is 4.48. The number of rotatable bonds is 4. The van der Waals surface area contributed by atoms with E-state index < -0.39 is 0 Å². The lowest BCUT2D eigenvalue weighted by Crippen LogP contribution is -2.06. The predicted molar refractivity (Wildman–Crippen MR) is 92.6 cm³/mol. The Morgan fingerprint density at radius 1 is 1.26 bits per heavy atom. The van der Waals surface area contributed by atoms with Crippen molar-refractivity contribution in [1.29, 1.82) is 0 Å². The van der Waals surface area contributed by atoms with Gasteiger partial charge in [0.2, 0.25) is 0 Å². The number of esters is 1. The molecule has 0 radical (unpaired) electrons. The molecule has 23 heavy (non-hydrogen) atoms. The Morgan fingerprint density at radius 2 is 2.00 bits per heavy atom. The lowest BCUT2D eigenvalue weighted by atomic mass is 10.1. The number of carbonyl (C=O) groups is 1. The molecule has 0 unspecified atom stereocenters. The van der Waals surface area contributed by atoms with Gasteiger partial charge in [-0.3, -0.25) is 0 Å². The number of hydrogen-bond donors (Lipinski definition) is 1. The molecule has 118 valence electrons. The van der Waals surface area contributed by atoms with Crippen LogP contribution < -0.4 is 5.32 Å². The number of benzene rings is 1. The van der Waals surface area contributed by atoms with Gasteiger partial charge in [-0.2, -0.15) is 0 Å². The molecule has 3 rings (SSSR count). The van der Waals surface area contributed by atoms with E-state index in [4.69, 9.17) is 4.74 Å². The van der Waals surface area contributed by atoms with Crippen molar-refractivity contribution in [2.75, 3.05) is 11.9 Å². The van der Waals surface area contributed by atoms with E-state index in [0.717, 1.165) is 21.6 Å². The summed E-state index contributed by atoms with van der Waals surface area (Å²) in [5.74, 6) is 0.273. The van der Waals surface area contributed by atoms with E-state index in [1.54, 1.807) is 12.3 Å². The fourth-order valence-corrected chi connectivity index (χ4v) is 3.34. The highest BCUT2D eigenvalue weighted by molar-refractivity contribution is 7.17. The first-order chi connectivity index (χ1) is 11.1. The third-order valence-electron chi connectivity index (χ3n) is 3.59. The summed E-state index contributed by atoms with van der Waals surface area (Å²) in [6.45, 7) is 6.20. The Balaban J connectivity index is 2.11. The highest BCUT2D eigenvalue weighted by atomic mass is 32.1. The van der Waals surface area contributed by atoms with Crippen molar-refractivity contribution in [3.05, 3.63) is 46.6 Å².